The lowest BCUT2D eigenvalue weighted by Crippen LogP contribution is -2.10. The summed E-state index contributed by atoms with van der Waals surface area (Å²) in [6.45, 7) is 0.694. The van der Waals surface area contributed by atoms with E-state index in [9.17, 15) is 4.79 Å². The molecule has 1 saturated carbocycles. The first-order valence-electron chi connectivity index (χ1n) is 8.59. The normalized spacial score (nSPS) is 13.6. The van der Waals surface area contributed by atoms with Crippen molar-refractivity contribution < 1.29 is 14.3 Å². The number of amides is 1. The predicted octanol–water partition coefficient (Wildman–Crippen LogP) is 4.53. The summed E-state index contributed by atoms with van der Waals surface area (Å²) in [6, 6.07) is 15.1. The number of ether oxygens (including phenoxy) is 2. The van der Waals surface area contributed by atoms with Crippen LogP contribution in [-0.2, 0) is 4.79 Å². The molecule has 0 spiro atoms. The maximum absolute atomic E-state index is 12.2. The molecule has 0 aromatic heterocycles. The first-order chi connectivity index (χ1) is 12.2. The standard InChI is InChI=1S/C21H23NO3/c1-24-18-11-8-16(9-12-18)10-13-21(23)22-19-4-2-3-5-20(19)25-15-14-17-6-7-17/h2-5,8-13,17H,6-7,14-15H2,1H3,(H,22,23)/b13-10+. The number of hydrogen-bond donors (Lipinski definition) is 1. The second-order valence-electron chi connectivity index (χ2n) is 6.17. The molecule has 2 aromatic carbocycles. The maximum Gasteiger partial charge on any atom is 0.248 e. The molecule has 4 nitrogen and oxygen atoms in total. The zero-order valence-electron chi connectivity index (χ0n) is 14.4. The Kier molecular flexibility index (Phi) is 5.73. The Labute approximate surface area is 148 Å². The molecule has 25 heavy (non-hydrogen) atoms. The highest BCUT2D eigenvalue weighted by molar-refractivity contribution is 6.02. The highest BCUT2D eigenvalue weighted by Gasteiger charge is 2.20. The van der Waals surface area contributed by atoms with Gasteiger partial charge in [0.05, 0.1) is 19.4 Å². The third kappa shape index (κ3) is 5.38. The molecular formula is C21H23NO3. The average molecular weight is 337 g/mol. The lowest BCUT2D eigenvalue weighted by Gasteiger charge is -2.11. The average Bonchev–Trinajstić information content (AvgIpc) is 3.46. The van der Waals surface area contributed by atoms with Crippen LogP contribution < -0.4 is 14.8 Å². The van der Waals surface area contributed by atoms with Gasteiger partial charge in [0.2, 0.25) is 5.91 Å². The fraction of sp³-hybridized carbons (Fsp3) is 0.286. The second kappa shape index (κ2) is 8.38. The SMILES string of the molecule is COc1ccc(/C=C/C(=O)Nc2ccccc2OCCC2CC2)cc1. The number of carbonyl (C=O) groups is 1. The van der Waals surface area contributed by atoms with Gasteiger partial charge >= 0.3 is 0 Å². The van der Waals surface area contributed by atoms with Crippen molar-refractivity contribution in [2.45, 2.75) is 19.3 Å². The minimum absolute atomic E-state index is 0.186. The van der Waals surface area contributed by atoms with E-state index < -0.39 is 0 Å². The predicted molar refractivity (Wildman–Crippen MR) is 99.9 cm³/mol. The number of rotatable bonds is 8. The lowest BCUT2D eigenvalue weighted by molar-refractivity contribution is -0.111. The fourth-order valence-electron chi connectivity index (χ4n) is 2.50. The van der Waals surface area contributed by atoms with Gasteiger partial charge in [-0.15, -0.1) is 0 Å². The van der Waals surface area contributed by atoms with Gasteiger partial charge in [0, 0.05) is 6.08 Å². The molecule has 1 N–H and O–H groups in total. The largest absolute Gasteiger partial charge is 0.497 e. The van der Waals surface area contributed by atoms with E-state index in [1.807, 2.05) is 48.5 Å². The van der Waals surface area contributed by atoms with Gasteiger partial charge in [-0.2, -0.15) is 0 Å². The molecular weight excluding hydrogens is 314 g/mol. The summed E-state index contributed by atoms with van der Waals surface area (Å²) < 4.78 is 10.9. The quantitative estimate of drug-likeness (QED) is 0.720. The summed E-state index contributed by atoms with van der Waals surface area (Å²) in [7, 11) is 1.63. The molecule has 1 amide bonds. The van der Waals surface area contributed by atoms with Crippen molar-refractivity contribution in [3.63, 3.8) is 0 Å². The summed E-state index contributed by atoms with van der Waals surface area (Å²) in [5.74, 6) is 2.15. The van der Waals surface area contributed by atoms with Crippen LogP contribution in [0.25, 0.3) is 6.08 Å². The summed E-state index contributed by atoms with van der Waals surface area (Å²) in [5.41, 5.74) is 1.63. The summed E-state index contributed by atoms with van der Waals surface area (Å²) >= 11 is 0. The Bertz CT molecular complexity index is 733. The van der Waals surface area contributed by atoms with E-state index >= 15 is 0 Å². The van der Waals surface area contributed by atoms with Crippen molar-refractivity contribution in [3.8, 4) is 11.5 Å². The molecule has 0 unspecified atom stereocenters. The van der Waals surface area contributed by atoms with E-state index in [-0.39, 0.29) is 5.91 Å². The van der Waals surface area contributed by atoms with Crippen LogP contribution in [0.2, 0.25) is 0 Å². The lowest BCUT2D eigenvalue weighted by atomic mass is 10.2. The van der Waals surface area contributed by atoms with Crippen molar-refractivity contribution in [1.29, 1.82) is 0 Å². The highest BCUT2D eigenvalue weighted by Crippen LogP contribution is 2.33. The van der Waals surface area contributed by atoms with Crippen molar-refractivity contribution >= 4 is 17.7 Å². The summed E-state index contributed by atoms with van der Waals surface area (Å²) in [6.07, 6.45) is 7.00. The van der Waals surface area contributed by atoms with Crippen molar-refractivity contribution in [2.75, 3.05) is 19.0 Å². The molecule has 4 heteroatoms. The topological polar surface area (TPSA) is 47.6 Å². The van der Waals surface area contributed by atoms with E-state index in [0.29, 0.717) is 18.0 Å². The molecule has 0 saturated heterocycles. The van der Waals surface area contributed by atoms with Crippen LogP contribution in [-0.4, -0.2) is 19.6 Å². The monoisotopic (exact) mass is 337 g/mol. The van der Waals surface area contributed by atoms with E-state index in [0.717, 1.165) is 23.7 Å². The fourth-order valence-corrected chi connectivity index (χ4v) is 2.50. The molecule has 3 rings (SSSR count). The first kappa shape index (κ1) is 17.1. The molecule has 1 fully saturated rings. The molecule has 0 bridgehead atoms. The van der Waals surface area contributed by atoms with Crippen LogP contribution in [0.4, 0.5) is 5.69 Å². The van der Waals surface area contributed by atoms with Crippen molar-refractivity contribution in [1.82, 2.24) is 0 Å². The van der Waals surface area contributed by atoms with E-state index in [1.165, 1.54) is 18.9 Å². The third-order valence-electron chi connectivity index (χ3n) is 4.17. The van der Waals surface area contributed by atoms with Crippen LogP contribution in [0.5, 0.6) is 11.5 Å². The summed E-state index contributed by atoms with van der Waals surface area (Å²) in [4.78, 5) is 12.2. The molecule has 1 aliphatic carbocycles. The van der Waals surface area contributed by atoms with Crippen molar-refractivity contribution in [2.24, 2.45) is 5.92 Å². The van der Waals surface area contributed by atoms with Crippen LogP contribution >= 0.6 is 0 Å². The van der Waals surface area contributed by atoms with Crippen molar-refractivity contribution in [3.05, 3.63) is 60.2 Å². The number of carbonyl (C=O) groups excluding carboxylic acids is 1. The third-order valence-corrected chi connectivity index (χ3v) is 4.17. The van der Waals surface area contributed by atoms with E-state index in [2.05, 4.69) is 5.32 Å². The second-order valence-corrected chi connectivity index (χ2v) is 6.17. The number of hydrogen-bond acceptors (Lipinski definition) is 3. The van der Waals surface area contributed by atoms with Crippen LogP contribution in [0.15, 0.2) is 54.6 Å². The molecule has 0 atom stereocenters. The number of benzene rings is 2. The number of para-hydroxylation sites is 2. The van der Waals surface area contributed by atoms with Gasteiger partial charge in [0.25, 0.3) is 0 Å². The van der Waals surface area contributed by atoms with Gasteiger partial charge in [-0.3, -0.25) is 4.79 Å². The Hall–Kier alpha value is -2.75. The number of nitrogens with one attached hydrogen (secondary N) is 1. The van der Waals surface area contributed by atoms with Gasteiger partial charge in [-0.1, -0.05) is 37.1 Å². The van der Waals surface area contributed by atoms with Crippen LogP contribution in [0.3, 0.4) is 0 Å². The number of methoxy groups -OCH3 is 1. The van der Waals surface area contributed by atoms with Gasteiger partial charge in [0.15, 0.2) is 0 Å². The molecule has 130 valence electrons. The molecule has 0 heterocycles. The Morgan fingerprint density at radius 3 is 2.64 bits per heavy atom. The van der Waals surface area contributed by atoms with Gasteiger partial charge < -0.3 is 14.8 Å². The molecule has 1 aliphatic rings. The minimum Gasteiger partial charge on any atom is -0.497 e. The van der Waals surface area contributed by atoms with Crippen LogP contribution in [0.1, 0.15) is 24.8 Å². The molecule has 0 aliphatic heterocycles. The smallest absolute Gasteiger partial charge is 0.248 e. The van der Waals surface area contributed by atoms with E-state index in [4.69, 9.17) is 9.47 Å². The van der Waals surface area contributed by atoms with Gasteiger partial charge in [-0.25, -0.2) is 0 Å². The minimum atomic E-state index is -0.186. The Morgan fingerprint density at radius 1 is 1.16 bits per heavy atom. The molecule has 0 radical (unpaired) electrons. The zero-order chi connectivity index (χ0) is 17.5. The zero-order valence-corrected chi connectivity index (χ0v) is 14.4. The maximum atomic E-state index is 12.2. The Balaban J connectivity index is 1.56. The van der Waals surface area contributed by atoms with Gasteiger partial charge in [0.1, 0.15) is 11.5 Å². The highest BCUT2D eigenvalue weighted by atomic mass is 16.5. The molecule has 2 aromatic rings. The Morgan fingerprint density at radius 2 is 1.92 bits per heavy atom. The van der Waals surface area contributed by atoms with E-state index in [1.54, 1.807) is 13.2 Å². The first-order valence-corrected chi connectivity index (χ1v) is 8.59. The summed E-state index contributed by atoms with van der Waals surface area (Å²) in [5, 5.41) is 2.88. The van der Waals surface area contributed by atoms with Crippen LogP contribution in [0, 0.1) is 5.92 Å². The van der Waals surface area contributed by atoms with Gasteiger partial charge in [-0.05, 0) is 48.2 Å². The number of anilines is 1.